The molecule has 4 heteroatoms. The van der Waals surface area contributed by atoms with Gasteiger partial charge in [0.15, 0.2) is 0 Å². The van der Waals surface area contributed by atoms with Gasteiger partial charge in [-0.25, -0.2) is 9.78 Å². The number of pyridine rings is 1. The molecule has 1 aromatic heterocycles. The third-order valence-electron chi connectivity index (χ3n) is 3.25. The minimum atomic E-state index is -0.923. The third kappa shape index (κ3) is 1.87. The number of carbonyl (C=O) groups is 1. The minimum Gasteiger partial charge on any atom is -0.478 e. The van der Waals surface area contributed by atoms with Gasteiger partial charge in [0, 0.05) is 19.3 Å². The first-order chi connectivity index (χ1) is 7.59. The maximum atomic E-state index is 10.8. The molecule has 86 valence electrons. The first-order valence-electron chi connectivity index (χ1n) is 5.52. The lowest BCUT2D eigenvalue weighted by Crippen LogP contribution is -2.38. The fraction of sp³-hybridized carbons (Fsp3) is 0.500. The summed E-state index contributed by atoms with van der Waals surface area (Å²) in [5.74, 6) is -0.0249. The lowest BCUT2D eigenvalue weighted by Gasteiger charge is -2.36. The van der Waals surface area contributed by atoms with Crippen molar-refractivity contribution in [2.45, 2.75) is 32.2 Å². The van der Waals surface area contributed by atoms with Crippen LogP contribution in [0.4, 0.5) is 5.82 Å². The smallest absolute Gasteiger partial charge is 0.337 e. The molecule has 1 aliphatic carbocycles. The summed E-state index contributed by atoms with van der Waals surface area (Å²) in [4.78, 5) is 17.2. The van der Waals surface area contributed by atoms with Gasteiger partial charge in [0.2, 0.25) is 0 Å². The molecule has 1 N–H and O–H groups in total. The van der Waals surface area contributed by atoms with Crippen LogP contribution in [0.3, 0.4) is 0 Å². The van der Waals surface area contributed by atoms with Crippen molar-refractivity contribution < 1.29 is 9.90 Å². The Morgan fingerprint density at radius 2 is 2.25 bits per heavy atom. The zero-order valence-electron chi connectivity index (χ0n) is 9.60. The highest BCUT2D eigenvalue weighted by Crippen LogP contribution is 2.28. The molecule has 2 rings (SSSR count). The second-order valence-corrected chi connectivity index (χ2v) is 4.37. The molecule has 0 radical (unpaired) electrons. The molecular weight excluding hydrogens is 204 g/mol. The van der Waals surface area contributed by atoms with Crippen LogP contribution in [-0.2, 0) is 0 Å². The van der Waals surface area contributed by atoms with Gasteiger partial charge in [-0.1, -0.05) is 0 Å². The van der Waals surface area contributed by atoms with Crippen molar-refractivity contribution in [3.8, 4) is 0 Å². The van der Waals surface area contributed by atoms with Crippen LogP contribution in [0.15, 0.2) is 12.3 Å². The fourth-order valence-corrected chi connectivity index (χ4v) is 2.00. The standard InChI is InChI=1S/C12H16N2O2/c1-8-6-9(12(15)16)7-13-11(8)14(2)10-4-3-5-10/h6-7,10H,3-5H2,1-2H3,(H,15,16). The van der Waals surface area contributed by atoms with Gasteiger partial charge in [-0.15, -0.1) is 0 Å². The minimum absolute atomic E-state index is 0.253. The summed E-state index contributed by atoms with van der Waals surface area (Å²) in [6.07, 6.45) is 5.12. The second kappa shape index (κ2) is 4.12. The Bertz CT molecular complexity index is 413. The molecule has 1 heterocycles. The Morgan fingerprint density at radius 3 is 2.69 bits per heavy atom. The van der Waals surface area contributed by atoms with Crippen LogP contribution >= 0.6 is 0 Å². The molecule has 1 fully saturated rings. The highest BCUT2D eigenvalue weighted by atomic mass is 16.4. The van der Waals surface area contributed by atoms with E-state index in [0.29, 0.717) is 6.04 Å². The molecule has 0 saturated heterocycles. The molecular formula is C12H16N2O2. The number of hydrogen-bond acceptors (Lipinski definition) is 3. The van der Waals surface area contributed by atoms with E-state index < -0.39 is 5.97 Å². The van der Waals surface area contributed by atoms with Gasteiger partial charge in [0.1, 0.15) is 5.82 Å². The van der Waals surface area contributed by atoms with Crippen LogP contribution in [0.2, 0.25) is 0 Å². The number of carboxylic acid groups (broad SMARTS) is 1. The predicted octanol–water partition coefficient (Wildman–Crippen LogP) is 2.08. The number of rotatable bonds is 3. The first-order valence-corrected chi connectivity index (χ1v) is 5.52. The SMILES string of the molecule is Cc1cc(C(=O)O)cnc1N(C)C1CCC1. The van der Waals surface area contributed by atoms with E-state index in [4.69, 9.17) is 5.11 Å². The molecule has 1 aliphatic rings. The molecule has 0 bridgehead atoms. The Balaban J connectivity index is 2.24. The highest BCUT2D eigenvalue weighted by Gasteiger charge is 2.24. The van der Waals surface area contributed by atoms with E-state index in [1.165, 1.54) is 25.5 Å². The number of carboxylic acids is 1. The molecule has 1 saturated carbocycles. The van der Waals surface area contributed by atoms with E-state index in [0.717, 1.165) is 11.4 Å². The lowest BCUT2D eigenvalue weighted by molar-refractivity contribution is 0.0696. The number of aromatic nitrogens is 1. The van der Waals surface area contributed by atoms with Crippen molar-refractivity contribution in [2.24, 2.45) is 0 Å². The van der Waals surface area contributed by atoms with Crippen molar-refractivity contribution in [2.75, 3.05) is 11.9 Å². The molecule has 0 spiro atoms. The van der Waals surface area contributed by atoms with E-state index in [-0.39, 0.29) is 5.56 Å². The molecule has 0 atom stereocenters. The van der Waals surface area contributed by atoms with Crippen molar-refractivity contribution in [3.63, 3.8) is 0 Å². The third-order valence-corrected chi connectivity index (χ3v) is 3.25. The Labute approximate surface area is 94.9 Å². The van der Waals surface area contributed by atoms with Crippen molar-refractivity contribution in [3.05, 3.63) is 23.4 Å². The predicted molar refractivity (Wildman–Crippen MR) is 62.0 cm³/mol. The van der Waals surface area contributed by atoms with Gasteiger partial charge in [0.25, 0.3) is 0 Å². The zero-order chi connectivity index (χ0) is 11.7. The molecule has 0 unspecified atom stereocenters. The van der Waals surface area contributed by atoms with Crippen molar-refractivity contribution in [1.29, 1.82) is 0 Å². The van der Waals surface area contributed by atoms with Crippen molar-refractivity contribution in [1.82, 2.24) is 4.98 Å². The van der Waals surface area contributed by atoms with E-state index >= 15 is 0 Å². The first kappa shape index (κ1) is 10.9. The van der Waals surface area contributed by atoms with Crippen molar-refractivity contribution >= 4 is 11.8 Å². The van der Waals surface area contributed by atoms with Crippen LogP contribution in [0.25, 0.3) is 0 Å². The molecule has 1 aromatic rings. The Morgan fingerprint density at radius 1 is 1.56 bits per heavy atom. The van der Waals surface area contributed by atoms with Crippen LogP contribution in [0.5, 0.6) is 0 Å². The fourth-order valence-electron chi connectivity index (χ4n) is 2.00. The van der Waals surface area contributed by atoms with Gasteiger partial charge in [-0.05, 0) is 37.8 Å². The summed E-state index contributed by atoms with van der Waals surface area (Å²) >= 11 is 0. The number of anilines is 1. The van der Waals surface area contributed by atoms with E-state index in [2.05, 4.69) is 9.88 Å². The van der Waals surface area contributed by atoms with Gasteiger partial charge < -0.3 is 10.0 Å². The normalized spacial score (nSPS) is 15.6. The molecule has 0 aliphatic heterocycles. The summed E-state index contributed by atoms with van der Waals surface area (Å²) in [6, 6.07) is 2.25. The maximum absolute atomic E-state index is 10.8. The van der Waals surface area contributed by atoms with Crippen LogP contribution < -0.4 is 4.90 Å². The van der Waals surface area contributed by atoms with Gasteiger partial charge in [0.05, 0.1) is 5.56 Å². The number of aryl methyl sites for hydroxylation is 1. The summed E-state index contributed by atoms with van der Waals surface area (Å²) < 4.78 is 0. The Kier molecular flexibility index (Phi) is 2.81. The van der Waals surface area contributed by atoms with Crippen LogP contribution in [0, 0.1) is 6.92 Å². The highest BCUT2D eigenvalue weighted by molar-refractivity contribution is 5.87. The van der Waals surface area contributed by atoms with E-state index in [1.807, 2.05) is 14.0 Å². The molecule has 0 aromatic carbocycles. The largest absolute Gasteiger partial charge is 0.478 e. The van der Waals surface area contributed by atoms with Gasteiger partial charge in [-0.3, -0.25) is 0 Å². The summed E-state index contributed by atoms with van der Waals surface area (Å²) in [5, 5.41) is 8.85. The number of aromatic carboxylic acids is 1. The molecule has 4 nitrogen and oxygen atoms in total. The summed E-state index contributed by atoms with van der Waals surface area (Å²) in [7, 11) is 2.03. The van der Waals surface area contributed by atoms with Crippen LogP contribution in [-0.4, -0.2) is 29.1 Å². The topological polar surface area (TPSA) is 53.4 Å². The summed E-state index contributed by atoms with van der Waals surface area (Å²) in [5.41, 5.74) is 1.18. The second-order valence-electron chi connectivity index (χ2n) is 4.37. The average Bonchev–Trinajstić information content (AvgIpc) is 2.14. The monoisotopic (exact) mass is 220 g/mol. The summed E-state index contributed by atoms with van der Waals surface area (Å²) in [6.45, 7) is 1.91. The van der Waals surface area contributed by atoms with Gasteiger partial charge in [-0.2, -0.15) is 0 Å². The number of nitrogens with zero attached hydrogens (tertiary/aromatic N) is 2. The molecule has 0 amide bonds. The molecule has 16 heavy (non-hydrogen) atoms. The quantitative estimate of drug-likeness (QED) is 0.847. The zero-order valence-corrected chi connectivity index (χ0v) is 9.60. The van der Waals surface area contributed by atoms with Gasteiger partial charge >= 0.3 is 5.97 Å². The Hall–Kier alpha value is -1.58. The van der Waals surface area contributed by atoms with E-state index in [9.17, 15) is 4.79 Å². The van der Waals surface area contributed by atoms with E-state index in [1.54, 1.807) is 6.07 Å². The van der Waals surface area contributed by atoms with Crippen LogP contribution in [0.1, 0.15) is 35.2 Å². The lowest BCUT2D eigenvalue weighted by atomic mass is 9.91. The number of hydrogen-bond donors (Lipinski definition) is 1. The maximum Gasteiger partial charge on any atom is 0.337 e. The average molecular weight is 220 g/mol.